The first-order valence-corrected chi connectivity index (χ1v) is 5.52. The van der Waals surface area contributed by atoms with Crippen LogP contribution in [0.1, 0.15) is 26.3 Å². The SMILES string of the molecule is CCOc1cncc(CCNC(C)C)c1. The molecule has 0 aliphatic heterocycles. The van der Waals surface area contributed by atoms with Crippen molar-refractivity contribution in [3.8, 4) is 5.75 Å². The fourth-order valence-corrected chi connectivity index (χ4v) is 1.35. The lowest BCUT2D eigenvalue weighted by atomic mass is 10.2. The summed E-state index contributed by atoms with van der Waals surface area (Å²) in [6.45, 7) is 7.95. The van der Waals surface area contributed by atoms with E-state index in [9.17, 15) is 0 Å². The third-order valence-corrected chi connectivity index (χ3v) is 2.05. The Morgan fingerprint density at radius 1 is 1.40 bits per heavy atom. The van der Waals surface area contributed by atoms with Gasteiger partial charge in [0.1, 0.15) is 5.75 Å². The summed E-state index contributed by atoms with van der Waals surface area (Å²) in [6, 6.07) is 2.59. The largest absolute Gasteiger partial charge is 0.492 e. The van der Waals surface area contributed by atoms with Crippen molar-refractivity contribution in [3.63, 3.8) is 0 Å². The molecule has 0 aromatic carbocycles. The van der Waals surface area contributed by atoms with E-state index in [0.29, 0.717) is 12.6 Å². The molecule has 0 fully saturated rings. The van der Waals surface area contributed by atoms with Crippen LogP contribution in [-0.4, -0.2) is 24.2 Å². The zero-order valence-electron chi connectivity index (χ0n) is 9.79. The molecule has 1 N–H and O–H groups in total. The Morgan fingerprint density at radius 2 is 2.20 bits per heavy atom. The van der Waals surface area contributed by atoms with Gasteiger partial charge in [0.05, 0.1) is 12.8 Å². The van der Waals surface area contributed by atoms with Crippen LogP contribution in [0.15, 0.2) is 18.5 Å². The minimum Gasteiger partial charge on any atom is -0.492 e. The van der Waals surface area contributed by atoms with Crippen molar-refractivity contribution in [1.29, 1.82) is 0 Å². The summed E-state index contributed by atoms with van der Waals surface area (Å²) in [5.74, 6) is 0.861. The van der Waals surface area contributed by atoms with Crippen LogP contribution in [-0.2, 0) is 6.42 Å². The second-order valence-corrected chi connectivity index (χ2v) is 3.82. The zero-order valence-corrected chi connectivity index (χ0v) is 9.79. The monoisotopic (exact) mass is 208 g/mol. The third kappa shape index (κ3) is 4.79. The molecule has 0 aliphatic rings. The Bertz CT molecular complexity index is 287. The molecular weight excluding hydrogens is 188 g/mol. The molecule has 0 aliphatic carbocycles. The Balaban J connectivity index is 2.43. The van der Waals surface area contributed by atoms with Gasteiger partial charge in [0.2, 0.25) is 0 Å². The van der Waals surface area contributed by atoms with Crippen molar-refractivity contribution in [3.05, 3.63) is 24.0 Å². The smallest absolute Gasteiger partial charge is 0.137 e. The number of ether oxygens (including phenoxy) is 1. The molecule has 0 amide bonds. The van der Waals surface area contributed by atoms with E-state index in [2.05, 4.69) is 30.2 Å². The van der Waals surface area contributed by atoms with E-state index in [-0.39, 0.29) is 0 Å². The topological polar surface area (TPSA) is 34.1 Å². The number of hydrogen-bond donors (Lipinski definition) is 1. The van der Waals surface area contributed by atoms with Gasteiger partial charge in [-0.05, 0) is 31.5 Å². The van der Waals surface area contributed by atoms with E-state index < -0.39 is 0 Å². The van der Waals surface area contributed by atoms with Gasteiger partial charge in [-0.3, -0.25) is 4.98 Å². The standard InChI is InChI=1S/C12H20N2O/c1-4-15-12-7-11(8-13-9-12)5-6-14-10(2)3/h7-10,14H,4-6H2,1-3H3. The van der Waals surface area contributed by atoms with E-state index in [1.165, 1.54) is 5.56 Å². The predicted octanol–water partition coefficient (Wildman–Crippen LogP) is 2.02. The normalized spacial score (nSPS) is 10.7. The number of aromatic nitrogens is 1. The lowest BCUT2D eigenvalue weighted by Gasteiger charge is -2.08. The zero-order chi connectivity index (χ0) is 11.1. The van der Waals surface area contributed by atoms with Crippen molar-refractivity contribution in [1.82, 2.24) is 10.3 Å². The predicted molar refractivity (Wildman–Crippen MR) is 62.2 cm³/mol. The summed E-state index contributed by atoms with van der Waals surface area (Å²) in [5.41, 5.74) is 1.22. The van der Waals surface area contributed by atoms with Gasteiger partial charge in [0.15, 0.2) is 0 Å². The van der Waals surface area contributed by atoms with Crippen LogP contribution in [0.25, 0.3) is 0 Å². The Labute approximate surface area is 91.9 Å². The van der Waals surface area contributed by atoms with Gasteiger partial charge in [0, 0.05) is 12.2 Å². The number of nitrogens with one attached hydrogen (secondary N) is 1. The van der Waals surface area contributed by atoms with Crippen molar-refractivity contribution < 1.29 is 4.74 Å². The average Bonchev–Trinajstić information content (AvgIpc) is 2.18. The minimum absolute atomic E-state index is 0.535. The first-order chi connectivity index (χ1) is 7.22. The molecule has 1 aromatic heterocycles. The molecule has 1 heterocycles. The van der Waals surface area contributed by atoms with Gasteiger partial charge in [-0.1, -0.05) is 13.8 Å². The number of rotatable bonds is 6. The summed E-state index contributed by atoms with van der Waals surface area (Å²) in [7, 11) is 0. The van der Waals surface area contributed by atoms with E-state index in [1.54, 1.807) is 6.20 Å². The molecule has 0 unspecified atom stereocenters. The summed E-state index contributed by atoms with van der Waals surface area (Å²) in [5, 5.41) is 3.38. The van der Waals surface area contributed by atoms with Crippen LogP contribution < -0.4 is 10.1 Å². The van der Waals surface area contributed by atoms with Gasteiger partial charge >= 0.3 is 0 Å². The lowest BCUT2D eigenvalue weighted by Crippen LogP contribution is -2.24. The molecule has 0 spiro atoms. The van der Waals surface area contributed by atoms with Crippen LogP contribution in [0, 0.1) is 0 Å². The lowest BCUT2D eigenvalue weighted by molar-refractivity contribution is 0.338. The number of hydrogen-bond acceptors (Lipinski definition) is 3. The Morgan fingerprint density at radius 3 is 2.87 bits per heavy atom. The van der Waals surface area contributed by atoms with E-state index in [4.69, 9.17) is 4.74 Å². The fourth-order valence-electron chi connectivity index (χ4n) is 1.35. The molecule has 0 radical (unpaired) electrons. The van der Waals surface area contributed by atoms with Gasteiger partial charge < -0.3 is 10.1 Å². The Kier molecular flexibility index (Phi) is 5.12. The molecular formula is C12H20N2O. The van der Waals surface area contributed by atoms with Crippen LogP contribution in [0.5, 0.6) is 5.75 Å². The van der Waals surface area contributed by atoms with Gasteiger partial charge in [0.25, 0.3) is 0 Å². The molecule has 3 heteroatoms. The minimum atomic E-state index is 0.535. The molecule has 15 heavy (non-hydrogen) atoms. The Hall–Kier alpha value is -1.09. The second kappa shape index (κ2) is 6.40. The van der Waals surface area contributed by atoms with Gasteiger partial charge in [-0.25, -0.2) is 0 Å². The highest BCUT2D eigenvalue weighted by atomic mass is 16.5. The third-order valence-electron chi connectivity index (χ3n) is 2.05. The first-order valence-electron chi connectivity index (χ1n) is 5.52. The van der Waals surface area contributed by atoms with E-state index >= 15 is 0 Å². The molecule has 0 saturated heterocycles. The highest BCUT2D eigenvalue weighted by molar-refractivity contribution is 5.23. The highest BCUT2D eigenvalue weighted by Crippen LogP contribution is 2.11. The summed E-state index contributed by atoms with van der Waals surface area (Å²) in [6.07, 6.45) is 4.64. The van der Waals surface area contributed by atoms with Crippen molar-refractivity contribution in [2.45, 2.75) is 33.2 Å². The van der Waals surface area contributed by atoms with Crippen molar-refractivity contribution in [2.24, 2.45) is 0 Å². The molecule has 3 nitrogen and oxygen atoms in total. The van der Waals surface area contributed by atoms with Crippen LogP contribution in [0.4, 0.5) is 0 Å². The quantitative estimate of drug-likeness (QED) is 0.776. The molecule has 0 bridgehead atoms. The summed E-state index contributed by atoms with van der Waals surface area (Å²) < 4.78 is 5.39. The number of nitrogens with zero attached hydrogens (tertiary/aromatic N) is 1. The molecule has 0 saturated carbocycles. The highest BCUT2D eigenvalue weighted by Gasteiger charge is 1.98. The first kappa shape index (κ1) is 12.0. The maximum Gasteiger partial charge on any atom is 0.137 e. The summed E-state index contributed by atoms with van der Waals surface area (Å²) in [4.78, 5) is 4.15. The second-order valence-electron chi connectivity index (χ2n) is 3.82. The maximum atomic E-state index is 5.39. The van der Waals surface area contributed by atoms with Crippen molar-refractivity contribution in [2.75, 3.05) is 13.2 Å². The molecule has 84 valence electrons. The average molecular weight is 208 g/mol. The van der Waals surface area contributed by atoms with Crippen LogP contribution >= 0.6 is 0 Å². The van der Waals surface area contributed by atoms with Crippen LogP contribution in [0.2, 0.25) is 0 Å². The number of pyridine rings is 1. The van der Waals surface area contributed by atoms with E-state index in [0.717, 1.165) is 18.7 Å². The molecule has 0 atom stereocenters. The molecule has 1 aromatic rings. The maximum absolute atomic E-state index is 5.39. The summed E-state index contributed by atoms with van der Waals surface area (Å²) >= 11 is 0. The van der Waals surface area contributed by atoms with Gasteiger partial charge in [-0.15, -0.1) is 0 Å². The van der Waals surface area contributed by atoms with Crippen molar-refractivity contribution >= 4 is 0 Å². The van der Waals surface area contributed by atoms with Crippen LogP contribution in [0.3, 0.4) is 0 Å². The molecule has 1 rings (SSSR count). The van der Waals surface area contributed by atoms with Gasteiger partial charge in [-0.2, -0.15) is 0 Å². The van der Waals surface area contributed by atoms with E-state index in [1.807, 2.05) is 13.1 Å². The fraction of sp³-hybridized carbons (Fsp3) is 0.583.